The van der Waals surface area contributed by atoms with E-state index in [0.717, 1.165) is 18.4 Å². The van der Waals surface area contributed by atoms with Crippen LogP contribution in [-0.2, 0) is 16.1 Å². The molecule has 0 amide bonds. The number of allylic oxidation sites excluding steroid dienone is 1. The molecule has 86 valence electrons. The number of carbonyl (C=O) groups excluding carboxylic acids is 1. The predicted molar refractivity (Wildman–Crippen MR) is 55.5 cm³/mol. The maximum atomic E-state index is 11.2. The van der Waals surface area contributed by atoms with Gasteiger partial charge in [-0.15, -0.1) is 10.2 Å². The number of hydrogen-bond donors (Lipinski definition) is 0. The largest absolute Gasteiger partial charge is 0.452 e. The zero-order valence-corrected chi connectivity index (χ0v) is 9.40. The molecule has 1 heterocycles. The van der Waals surface area contributed by atoms with E-state index in [2.05, 4.69) is 10.2 Å². The first-order valence-corrected chi connectivity index (χ1v) is 5.29. The zero-order chi connectivity index (χ0) is 11.5. The molecule has 5 heteroatoms. The van der Waals surface area contributed by atoms with E-state index in [0.29, 0.717) is 17.7 Å². The summed E-state index contributed by atoms with van der Waals surface area (Å²) in [5.74, 6) is 1.06. The van der Waals surface area contributed by atoms with Crippen LogP contribution in [0.4, 0.5) is 0 Å². The molecule has 1 aliphatic rings. The third-order valence-electron chi connectivity index (χ3n) is 2.15. The lowest BCUT2D eigenvalue weighted by atomic mass is 10.3. The van der Waals surface area contributed by atoms with Crippen LogP contribution in [0.3, 0.4) is 0 Å². The van der Waals surface area contributed by atoms with Crippen LogP contribution >= 0.6 is 0 Å². The fourth-order valence-electron chi connectivity index (χ4n) is 1.23. The van der Waals surface area contributed by atoms with Crippen molar-refractivity contribution in [2.24, 2.45) is 0 Å². The molecule has 1 fully saturated rings. The molecular formula is C11H14N2O3. The van der Waals surface area contributed by atoms with E-state index in [-0.39, 0.29) is 12.6 Å². The summed E-state index contributed by atoms with van der Waals surface area (Å²) in [5.41, 5.74) is 0.897. The van der Waals surface area contributed by atoms with Crippen molar-refractivity contribution in [2.45, 2.75) is 39.2 Å². The second kappa shape index (κ2) is 4.47. The number of esters is 1. The lowest BCUT2D eigenvalue weighted by Gasteiger charge is -1.97. The van der Waals surface area contributed by atoms with E-state index in [4.69, 9.17) is 9.15 Å². The maximum absolute atomic E-state index is 11.2. The summed E-state index contributed by atoms with van der Waals surface area (Å²) in [4.78, 5) is 11.2. The molecule has 1 aromatic rings. The van der Waals surface area contributed by atoms with Gasteiger partial charge in [-0.1, -0.05) is 5.57 Å². The van der Waals surface area contributed by atoms with Crippen molar-refractivity contribution in [2.75, 3.05) is 0 Å². The first-order chi connectivity index (χ1) is 7.65. The molecule has 0 unspecified atom stereocenters. The summed E-state index contributed by atoms with van der Waals surface area (Å²) < 4.78 is 10.3. The third-order valence-corrected chi connectivity index (χ3v) is 2.15. The van der Waals surface area contributed by atoms with Crippen molar-refractivity contribution in [1.29, 1.82) is 0 Å². The molecule has 0 saturated heterocycles. The summed E-state index contributed by atoms with van der Waals surface area (Å²) in [6.07, 6.45) is 3.65. The Labute approximate surface area is 93.5 Å². The Morgan fingerprint density at radius 2 is 2.25 bits per heavy atom. The Hall–Kier alpha value is -1.65. The first-order valence-electron chi connectivity index (χ1n) is 5.29. The van der Waals surface area contributed by atoms with Crippen molar-refractivity contribution < 1.29 is 13.9 Å². The average molecular weight is 222 g/mol. The maximum Gasteiger partial charge on any atom is 0.331 e. The SMILES string of the molecule is CC(C)=CC(=O)OCc1nnc(C2CC2)o1. The van der Waals surface area contributed by atoms with E-state index >= 15 is 0 Å². The van der Waals surface area contributed by atoms with Crippen LogP contribution in [0.15, 0.2) is 16.1 Å². The number of nitrogens with zero attached hydrogens (tertiary/aromatic N) is 2. The van der Waals surface area contributed by atoms with E-state index in [1.165, 1.54) is 6.08 Å². The molecule has 1 saturated carbocycles. The van der Waals surface area contributed by atoms with E-state index in [9.17, 15) is 4.79 Å². The van der Waals surface area contributed by atoms with Gasteiger partial charge >= 0.3 is 5.97 Å². The predicted octanol–water partition coefficient (Wildman–Crippen LogP) is 1.96. The van der Waals surface area contributed by atoms with Gasteiger partial charge in [-0.3, -0.25) is 0 Å². The van der Waals surface area contributed by atoms with E-state index in [1.807, 2.05) is 13.8 Å². The lowest BCUT2D eigenvalue weighted by molar-refractivity contribution is -0.139. The summed E-state index contributed by atoms with van der Waals surface area (Å²) >= 11 is 0. The van der Waals surface area contributed by atoms with Gasteiger partial charge < -0.3 is 9.15 Å². The minimum absolute atomic E-state index is 0.0440. The van der Waals surface area contributed by atoms with Crippen LogP contribution in [-0.4, -0.2) is 16.2 Å². The van der Waals surface area contributed by atoms with Crippen molar-refractivity contribution in [3.8, 4) is 0 Å². The number of aromatic nitrogens is 2. The Kier molecular flexibility index (Phi) is 3.03. The molecule has 1 aliphatic carbocycles. The Balaban J connectivity index is 1.84. The van der Waals surface area contributed by atoms with Crippen molar-refractivity contribution in [1.82, 2.24) is 10.2 Å². The average Bonchev–Trinajstić information content (AvgIpc) is 2.94. The van der Waals surface area contributed by atoms with Gasteiger partial charge in [0, 0.05) is 12.0 Å². The molecule has 16 heavy (non-hydrogen) atoms. The number of hydrogen-bond acceptors (Lipinski definition) is 5. The Bertz CT molecular complexity index is 415. The number of ether oxygens (including phenoxy) is 1. The minimum atomic E-state index is -0.383. The Morgan fingerprint density at radius 1 is 1.50 bits per heavy atom. The van der Waals surface area contributed by atoms with Crippen LogP contribution in [0.2, 0.25) is 0 Å². The van der Waals surface area contributed by atoms with Crippen molar-refractivity contribution in [3.63, 3.8) is 0 Å². The molecular weight excluding hydrogens is 208 g/mol. The minimum Gasteiger partial charge on any atom is -0.452 e. The third kappa shape index (κ3) is 2.92. The fraction of sp³-hybridized carbons (Fsp3) is 0.545. The van der Waals surface area contributed by atoms with Crippen LogP contribution < -0.4 is 0 Å². The molecule has 0 spiro atoms. The van der Waals surface area contributed by atoms with E-state index in [1.54, 1.807) is 0 Å². The van der Waals surface area contributed by atoms with Gasteiger partial charge in [-0.2, -0.15) is 0 Å². The second-order valence-corrected chi connectivity index (χ2v) is 4.14. The zero-order valence-electron chi connectivity index (χ0n) is 9.40. The van der Waals surface area contributed by atoms with Gasteiger partial charge in [0.25, 0.3) is 5.89 Å². The highest BCUT2D eigenvalue weighted by atomic mass is 16.5. The van der Waals surface area contributed by atoms with Gasteiger partial charge in [0.15, 0.2) is 6.61 Å². The molecule has 0 aromatic carbocycles. The van der Waals surface area contributed by atoms with Gasteiger partial charge in [0.1, 0.15) is 0 Å². The van der Waals surface area contributed by atoms with Gasteiger partial charge in [0.05, 0.1) is 0 Å². The second-order valence-electron chi connectivity index (χ2n) is 4.14. The summed E-state index contributed by atoms with van der Waals surface area (Å²) in [7, 11) is 0. The van der Waals surface area contributed by atoms with Crippen LogP contribution in [0.5, 0.6) is 0 Å². The number of rotatable bonds is 4. The highest BCUT2D eigenvalue weighted by Gasteiger charge is 2.29. The summed E-state index contributed by atoms with van der Waals surface area (Å²) in [6, 6.07) is 0. The molecule has 5 nitrogen and oxygen atoms in total. The van der Waals surface area contributed by atoms with Crippen molar-refractivity contribution in [3.05, 3.63) is 23.4 Å². The highest BCUT2D eigenvalue weighted by Crippen LogP contribution is 2.38. The van der Waals surface area contributed by atoms with Crippen molar-refractivity contribution >= 4 is 5.97 Å². The molecule has 0 atom stereocenters. The van der Waals surface area contributed by atoms with Gasteiger partial charge in [-0.05, 0) is 26.7 Å². The molecule has 2 rings (SSSR count). The van der Waals surface area contributed by atoms with Crippen LogP contribution in [0, 0.1) is 0 Å². The van der Waals surface area contributed by atoms with Crippen LogP contribution in [0.25, 0.3) is 0 Å². The normalized spacial score (nSPS) is 14.6. The Morgan fingerprint density at radius 3 is 2.88 bits per heavy atom. The molecule has 0 N–H and O–H groups in total. The standard InChI is InChI=1S/C11H14N2O3/c1-7(2)5-10(14)15-6-9-12-13-11(16-9)8-3-4-8/h5,8H,3-4,6H2,1-2H3. The molecule has 0 aliphatic heterocycles. The summed E-state index contributed by atoms with van der Waals surface area (Å²) in [5, 5.41) is 7.71. The molecule has 1 aromatic heterocycles. The van der Waals surface area contributed by atoms with Gasteiger partial charge in [0.2, 0.25) is 5.89 Å². The lowest BCUT2D eigenvalue weighted by Crippen LogP contribution is -2.01. The van der Waals surface area contributed by atoms with E-state index < -0.39 is 0 Å². The summed E-state index contributed by atoms with van der Waals surface area (Å²) in [6.45, 7) is 3.71. The highest BCUT2D eigenvalue weighted by molar-refractivity contribution is 5.82. The molecule has 0 radical (unpaired) electrons. The fourth-order valence-corrected chi connectivity index (χ4v) is 1.23. The van der Waals surface area contributed by atoms with Gasteiger partial charge in [-0.25, -0.2) is 4.79 Å². The monoisotopic (exact) mass is 222 g/mol. The number of carbonyl (C=O) groups is 1. The van der Waals surface area contributed by atoms with Crippen LogP contribution in [0.1, 0.15) is 44.4 Å². The topological polar surface area (TPSA) is 65.2 Å². The molecule has 0 bridgehead atoms. The smallest absolute Gasteiger partial charge is 0.331 e. The first kappa shape index (κ1) is 10.9. The quantitative estimate of drug-likeness (QED) is 0.575.